The van der Waals surface area contributed by atoms with Gasteiger partial charge >= 0.3 is 0 Å². The van der Waals surface area contributed by atoms with Gasteiger partial charge in [-0.3, -0.25) is 9.36 Å². The molecule has 0 bridgehead atoms. The molecule has 10 nitrogen and oxygen atoms in total. The minimum atomic E-state index is -0.645. The van der Waals surface area contributed by atoms with E-state index in [0.717, 1.165) is 16.6 Å². The molecule has 1 unspecified atom stereocenters. The second-order valence-electron chi connectivity index (χ2n) is 8.90. The van der Waals surface area contributed by atoms with Crippen LogP contribution in [-0.2, 0) is 0 Å². The Balaban J connectivity index is 1.59. The number of halogens is 1. The van der Waals surface area contributed by atoms with Crippen LogP contribution in [0.25, 0.3) is 38.8 Å². The number of aromatic amines is 1. The smallest absolute Gasteiger partial charge is 0.266 e. The number of anilines is 2. The third-order valence-electron chi connectivity index (χ3n) is 6.37. The fourth-order valence-corrected chi connectivity index (χ4v) is 4.59. The van der Waals surface area contributed by atoms with Gasteiger partial charge in [0.15, 0.2) is 0 Å². The number of rotatable bonds is 5. The average Bonchev–Trinajstić information content (AvgIpc) is 3.41. The first-order chi connectivity index (χ1) is 18.9. The van der Waals surface area contributed by atoms with Crippen molar-refractivity contribution in [2.45, 2.75) is 13.0 Å². The van der Waals surface area contributed by atoms with E-state index in [1.807, 2.05) is 30.3 Å². The summed E-state index contributed by atoms with van der Waals surface area (Å²) >= 11 is 0. The summed E-state index contributed by atoms with van der Waals surface area (Å²) in [7, 11) is 0. The highest BCUT2D eigenvalue weighted by Crippen LogP contribution is 2.30. The van der Waals surface area contributed by atoms with Gasteiger partial charge in [-0.15, -0.1) is 0 Å². The molecule has 39 heavy (non-hydrogen) atoms. The third-order valence-corrected chi connectivity index (χ3v) is 6.37. The number of nitrogens with one attached hydrogen (secondary N) is 2. The molecule has 1 atom stereocenters. The van der Waals surface area contributed by atoms with E-state index in [-0.39, 0.29) is 28.7 Å². The van der Waals surface area contributed by atoms with Crippen LogP contribution < -0.4 is 16.6 Å². The summed E-state index contributed by atoms with van der Waals surface area (Å²) in [6, 6.07) is 16.4. The quantitative estimate of drug-likeness (QED) is 0.303. The maximum atomic E-state index is 14.4. The number of nitrogens with zero attached hydrogens (tertiary/aromatic N) is 6. The third kappa shape index (κ3) is 4.19. The number of hydrogen-bond acceptors (Lipinski definition) is 8. The van der Waals surface area contributed by atoms with Crippen molar-refractivity contribution in [3.05, 3.63) is 101 Å². The first-order valence-corrected chi connectivity index (χ1v) is 12.0. The molecule has 0 saturated heterocycles. The van der Waals surface area contributed by atoms with Crippen molar-refractivity contribution in [1.82, 2.24) is 29.5 Å². The lowest BCUT2D eigenvalue weighted by Gasteiger charge is -2.21. The molecule has 6 rings (SSSR count). The number of nitrogen functional groups attached to an aromatic ring is 1. The largest absolute Gasteiger partial charge is 0.368 e. The number of nitriles is 1. The molecule has 4 aromatic heterocycles. The first kappa shape index (κ1) is 23.7. The number of benzene rings is 2. The highest BCUT2D eigenvalue weighted by Gasteiger charge is 2.22. The number of fused-ring (bicyclic) bond motifs is 2. The van der Waals surface area contributed by atoms with Crippen LogP contribution in [0, 0.1) is 17.1 Å². The van der Waals surface area contributed by atoms with E-state index in [1.165, 1.54) is 29.0 Å². The molecule has 2 aromatic carbocycles. The number of hydrogen-bond donors (Lipinski definition) is 3. The summed E-state index contributed by atoms with van der Waals surface area (Å²) in [5.41, 5.74) is 8.40. The van der Waals surface area contributed by atoms with Crippen molar-refractivity contribution in [3.63, 3.8) is 0 Å². The van der Waals surface area contributed by atoms with Gasteiger partial charge in [0.1, 0.15) is 34.7 Å². The Bertz CT molecular complexity index is 1990. The summed E-state index contributed by atoms with van der Waals surface area (Å²) in [6.07, 6.45) is 4.81. The lowest BCUT2D eigenvalue weighted by molar-refractivity contribution is 0.624. The van der Waals surface area contributed by atoms with Gasteiger partial charge in [0.25, 0.3) is 5.56 Å². The van der Waals surface area contributed by atoms with E-state index in [4.69, 9.17) is 10.7 Å². The Morgan fingerprint density at radius 3 is 2.77 bits per heavy atom. The van der Waals surface area contributed by atoms with E-state index in [1.54, 1.807) is 31.5 Å². The van der Waals surface area contributed by atoms with Crippen LogP contribution in [0.4, 0.5) is 16.2 Å². The second-order valence-corrected chi connectivity index (χ2v) is 8.90. The average molecular weight is 518 g/mol. The molecule has 0 radical (unpaired) electrons. The van der Waals surface area contributed by atoms with Gasteiger partial charge in [0.2, 0.25) is 5.95 Å². The fraction of sp³-hybridized carbons (Fsp3) is 0.0714. The van der Waals surface area contributed by atoms with Crippen LogP contribution in [0.5, 0.6) is 0 Å². The Morgan fingerprint density at radius 2 is 1.95 bits per heavy atom. The Morgan fingerprint density at radius 1 is 1.10 bits per heavy atom. The summed E-state index contributed by atoms with van der Waals surface area (Å²) < 4.78 is 15.7. The summed E-state index contributed by atoms with van der Waals surface area (Å²) in [4.78, 5) is 34.6. The van der Waals surface area contributed by atoms with Gasteiger partial charge in [-0.05, 0) is 48.9 Å². The van der Waals surface area contributed by atoms with Gasteiger partial charge in [-0.1, -0.05) is 18.2 Å². The number of aromatic nitrogens is 6. The zero-order valence-corrected chi connectivity index (χ0v) is 20.6. The lowest BCUT2D eigenvalue weighted by Crippen LogP contribution is -2.28. The van der Waals surface area contributed by atoms with Crippen molar-refractivity contribution in [2.75, 3.05) is 11.1 Å². The molecule has 11 heteroatoms. The maximum absolute atomic E-state index is 14.4. The van der Waals surface area contributed by atoms with Crippen molar-refractivity contribution < 1.29 is 4.39 Å². The van der Waals surface area contributed by atoms with Crippen LogP contribution in [0.2, 0.25) is 0 Å². The Labute approximate surface area is 220 Å². The van der Waals surface area contributed by atoms with E-state index < -0.39 is 11.9 Å². The summed E-state index contributed by atoms with van der Waals surface area (Å²) in [6.45, 7) is 1.76. The van der Waals surface area contributed by atoms with E-state index in [2.05, 4.69) is 25.3 Å². The number of nitrogens with two attached hydrogens (primary N) is 1. The maximum Gasteiger partial charge on any atom is 0.266 e. The van der Waals surface area contributed by atoms with Crippen molar-refractivity contribution in [3.8, 4) is 22.9 Å². The topological polar surface area (TPSA) is 151 Å². The minimum absolute atomic E-state index is 0.0182. The molecule has 0 fully saturated rings. The molecule has 0 aliphatic rings. The van der Waals surface area contributed by atoms with Gasteiger partial charge in [-0.2, -0.15) is 10.2 Å². The monoisotopic (exact) mass is 517 g/mol. The molecule has 6 aromatic rings. The highest BCUT2D eigenvalue weighted by atomic mass is 19.1. The van der Waals surface area contributed by atoms with Crippen molar-refractivity contribution in [1.29, 1.82) is 5.26 Å². The second kappa shape index (κ2) is 9.35. The SMILES string of the molecule is CC(Nc1nc(N)ncc1C#N)c1nc2cccc(-c3cnc4[nH]ccc4c3)c2c(=O)n1-c1cccc(F)c1. The highest BCUT2D eigenvalue weighted by molar-refractivity contribution is 5.96. The van der Waals surface area contributed by atoms with Crippen LogP contribution in [0.1, 0.15) is 24.4 Å². The van der Waals surface area contributed by atoms with E-state index in [0.29, 0.717) is 22.2 Å². The molecule has 0 spiro atoms. The van der Waals surface area contributed by atoms with Crippen molar-refractivity contribution in [2.24, 2.45) is 0 Å². The Kier molecular flexibility index (Phi) is 5.69. The van der Waals surface area contributed by atoms with Crippen LogP contribution in [-0.4, -0.2) is 29.5 Å². The Hall–Kier alpha value is -5.63. The molecular formula is C28H20FN9O. The number of H-pyrrole nitrogens is 1. The predicted molar refractivity (Wildman–Crippen MR) is 146 cm³/mol. The molecule has 0 saturated carbocycles. The van der Waals surface area contributed by atoms with Gasteiger partial charge < -0.3 is 16.0 Å². The van der Waals surface area contributed by atoms with E-state index >= 15 is 0 Å². The standard InChI is InChI=1S/C28H20FN9O/c1-15(35-25-18(12-30)14-34-28(31)37-25)26-36-22-7-3-6-21(17-10-16-8-9-32-24(16)33-13-17)23(22)27(39)38(26)20-5-2-4-19(29)11-20/h2-11,13-15H,1H3,(H,32,33)(H3,31,34,35,37). The van der Waals surface area contributed by atoms with Crippen molar-refractivity contribution >= 4 is 33.7 Å². The predicted octanol–water partition coefficient (Wildman–Crippen LogP) is 4.49. The zero-order valence-electron chi connectivity index (χ0n) is 20.6. The molecule has 4 N–H and O–H groups in total. The lowest BCUT2D eigenvalue weighted by atomic mass is 10.0. The molecule has 190 valence electrons. The zero-order chi connectivity index (χ0) is 27.1. The van der Waals surface area contributed by atoms with Gasteiger partial charge in [0, 0.05) is 23.3 Å². The fourth-order valence-electron chi connectivity index (χ4n) is 4.59. The summed E-state index contributed by atoms with van der Waals surface area (Å²) in [5, 5.41) is 13.9. The number of pyridine rings is 1. The van der Waals surface area contributed by atoms with Gasteiger partial charge in [-0.25, -0.2) is 19.3 Å². The first-order valence-electron chi connectivity index (χ1n) is 12.0. The van der Waals surface area contributed by atoms with Crippen LogP contribution in [0.15, 0.2) is 78.0 Å². The van der Waals surface area contributed by atoms with Crippen LogP contribution in [0.3, 0.4) is 0 Å². The summed E-state index contributed by atoms with van der Waals surface area (Å²) in [5.74, 6) is -0.0417. The van der Waals surface area contributed by atoms with Gasteiger partial charge in [0.05, 0.1) is 28.8 Å². The molecule has 0 amide bonds. The van der Waals surface area contributed by atoms with Crippen LogP contribution >= 0.6 is 0 Å². The molecule has 0 aliphatic carbocycles. The molecule has 4 heterocycles. The molecular weight excluding hydrogens is 497 g/mol. The minimum Gasteiger partial charge on any atom is -0.368 e. The normalized spacial score (nSPS) is 11.9. The molecule has 0 aliphatic heterocycles. The van der Waals surface area contributed by atoms with E-state index in [9.17, 15) is 14.4 Å².